The van der Waals surface area contributed by atoms with Crippen LogP contribution in [0, 0.1) is 11.8 Å². The first-order valence-electron chi connectivity index (χ1n) is 7.85. The molecule has 0 aromatic heterocycles. The van der Waals surface area contributed by atoms with E-state index in [-0.39, 0.29) is 17.2 Å². The van der Waals surface area contributed by atoms with Crippen LogP contribution in [0.4, 0.5) is 0 Å². The topological polar surface area (TPSA) is 41.1 Å². The summed E-state index contributed by atoms with van der Waals surface area (Å²) >= 11 is 3.49. The van der Waals surface area contributed by atoms with Crippen LogP contribution in [0.5, 0.6) is 0 Å². The Balaban J connectivity index is 1.61. The van der Waals surface area contributed by atoms with E-state index in [2.05, 4.69) is 50.8 Å². The van der Waals surface area contributed by atoms with Gasteiger partial charge in [0.1, 0.15) is 0 Å². The zero-order chi connectivity index (χ0) is 14.9. The van der Waals surface area contributed by atoms with Crippen molar-refractivity contribution in [3.8, 4) is 0 Å². The Bertz CT molecular complexity index is 506. The first-order chi connectivity index (χ1) is 10.1. The molecule has 2 fully saturated rings. The predicted octanol–water partition coefficient (Wildman–Crippen LogP) is 2.84. The van der Waals surface area contributed by atoms with Gasteiger partial charge >= 0.3 is 0 Å². The van der Waals surface area contributed by atoms with Crippen LogP contribution in [-0.2, 0) is 10.2 Å². The Kier molecular flexibility index (Phi) is 4.36. The monoisotopic (exact) mass is 350 g/mol. The molecule has 1 unspecified atom stereocenters. The smallest absolute Gasteiger partial charge is 0.223 e. The van der Waals surface area contributed by atoms with Gasteiger partial charge in [-0.1, -0.05) is 41.4 Å². The number of carbonyl (C=O) groups is 1. The van der Waals surface area contributed by atoms with E-state index in [0.29, 0.717) is 5.92 Å². The highest BCUT2D eigenvalue weighted by atomic mass is 79.9. The molecular formula is C17H23BrN2O. The minimum Gasteiger partial charge on any atom is -0.355 e. The van der Waals surface area contributed by atoms with Gasteiger partial charge < -0.3 is 10.6 Å². The summed E-state index contributed by atoms with van der Waals surface area (Å²) in [6.45, 7) is 4.78. The molecule has 1 heterocycles. The van der Waals surface area contributed by atoms with Crippen LogP contribution in [0.1, 0.15) is 31.7 Å². The van der Waals surface area contributed by atoms with Gasteiger partial charge in [0.25, 0.3) is 0 Å². The molecule has 21 heavy (non-hydrogen) atoms. The van der Waals surface area contributed by atoms with E-state index in [1.54, 1.807) is 0 Å². The van der Waals surface area contributed by atoms with Crippen LogP contribution in [0.15, 0.2) is 28.7 Å². The van der Waals surface area contributed by atoms with Crippen molar-refractivity contribution in [3.63, 3.8) is 0 Å². The Morgan fingerprint density at radius 1 is 1.38 bits per heavy atom. The molecule has 1 aromatic rings. The Morgan fingerprint density at radius 2 is 2.05 bits per heavy atom. The Morgan fingerprint density at radius 3 is 2.52 bits per heavy atom. The molecule has 0 spiro atoms. The summed E-state index contributed by atoms with van der Waals surface area (Å²) in [5.41, 5.74) is 1.52. The summed E-state index contributed by atoms with van der Waals surface area (Å²) in [4.78, 5) is 12.3. The molecule has 4 heteroatoms. The lowest BCUT2D eigenvalue weighted by Gasteiger charge is -2.43. The molecule has 1 aliphatic heterocycles. The second-order valence-corrected chi connectivity index (χ2v) is 7.48. The largest absolute Gasteiger partial charge is 0.355 e. The maximum atomic E-state index is 12.3. The number of benzene rings is 1. The first-order valence-corrected chi connectivity index (χ1v) is 8.64. The van der Waals surface area contributed by atoms with Crippen molar-refractivity contribution in [3.05, 3.63) is 34.3 Å². The molecule has 1 aliphatic carbocycles. The van der Waals surface area contributed by atoms with Gasteiger partial charge in [0.05, 0.1) is 0 Å². The summed E-state index contributed by atoms with van der Waals surface area (Å²) in [6, 6.07) is 8.57. The van der Waals surface area contributed by atoms with Crippen molar-refractivity contribution in [2.75, 3.05) is 19.6 Å². The van der Waals surface area contributed by atoms with E-state index in [0.717, 1.165) is 24.1 Å². The fourth-order valence-electron chi connectivity index (χ4n) is 3.27. The molecule has 2 aliphatic rings. The Hall–Kier alpha value is -0.870. The van der Waals surface area contributed by atoms with Crippen molar-refractivity contribution in [1.82, 2.24) is 10.6 Å². The van der Waals surface area contributed by atoms with E-state index >= 15 is 0 Å². The molecule has 1 atom stereocenters. The van der Waals surface area contributed by atoms with Gasteiger partial charge in [0.2, 0.25) is 5.91 Å². The second kappa shape index (κ2) is 6.09. The minimum absolute atomic E-state index is 0.119. The van der Waals surface area contributed by atoms with Crippen LogP contribution < -0.4 is 10.6 Å². The molecule has 3 nitrogen and oxygen atoms in total. The van der Waals surface area contributed by atoms with Crippen molar-refractivity contribution in [2.45, 2.75) is 31.6 Å². The van der Waals surface area contributed by atoms with Gasteiger partial charge in [-0.3, -0.25) is 4.79 Å². The molecular weight excluding hydrogens is 328 g/mol. The van der Waals surface area contributed by atoms with Crippen molar-refractivity contribution >= 4 is 21.8 Å². The number of hydrogen-bond donors (Lipinski definition) is 2. The minimum atomic E-state index is 0.119. The fourth-order valence-corrected chi connectivity index (χ4v) is 3.53. The zero-order valence-electron chi connectivity index (χ0n) is 12.5. The number of hydrogen-bond acceptors (Lipinski definition) is 2. The van der Waals surface area contributed by atoms with Crippen LogP contribution in [0.25, 0.3) is 0 Å². The average molecular weight is 351 g/mol. The van der Waals surface area contributed by atoms with Gasteiger partial charge in [-0.2, -0.15) is 0 Å². The highest BCUT2D eigenvalue weighted by Crippen LogP contribution is 2.43. The number of rotatable bonds is 5. The van der Waals surface area contributed by atoms with Crippen LogP contribution in [-0.4, -0.2) is 25.5 Å². The normalized spacial score (nSPS) is 22.0. The highest BCUT2D eigenvalue weighted by Gasteiger charge is 2.39. The molecule has 1 saturated heterocycles. The van der Waals surface area contributed by atoms with Gasteiger partial charge in [-0.15, -0.1) is 0 Å². The third-order valence-corrected chi connectivity index (χ3v) is 5.83. The summed E-state index contributed by atoms with van der Waals surface area (Å²) in [6.07, 6.45) is 3.61. The van der Waals surface area contributed by atoms with E-state index < -0.39 is 0 Å². The van der Waals surface area contributed by atoms with E-state index in [1.165, 1.54) is 24.8 Å². The fraction of sp³-hybridized carbons (Fsp3) is 0.588. The maximum Gasteiger partial charge on any atom is 0.223 e. The van der Waals surface area contributed by atoms with Gasteiger partial charge in [-0.05, 0) is 49.5 Å². The van der Waals surface area contributed by atoms with E-state index in [1.807, 2.05) is 6.92 Å². The predicted molar refractivity (Wildman–Crippen MR) is 88.2 cm³/mol. The quantitative estimate of drug-likeness (QED) is 0.857. The van der Waals surface area contributed by atoms with Gasteiger partial charge in [0.15, 0.2) is 0 Å². The lowest BCUT2D eigenvalue weighted by atomic mass is 9.64. The van der Waals surface area contributed by atoms with Crippen molar-refractivity contribution in [2.24, 2.45) is 11.8 Å². The molecule has 1 amide bonds. The third kappa shape index (κ3) is 3.02. The molecule has 2 N–H and O–H groups in total. The zero-order valence-corrected chi connectivity index (χ0v) is 14.1. The van der Waals surface area contributed by atoms with Crippen molar-refractivity contribution in [1.29, 1.82) is 0 Å². The Labute approximate surface area is 135 Å². The SMILES string of the molecule is CC(C(=O)NCC1(c2ccc(Br)cc2)CCC1)C1CNC1. The van der Waals surface area contributed by atoms with E-state index in [4.69, 9.17) is 0 Å². The van der Waals surface area contributed by atoms with Crippen LogP contribution in [0.3, 0.4) is 0 Å². The number of amides is 1. The van der Waals surface area contributed by atoms with Crippen LogP contribution >= 0.6 is 15.9 Å². The summed E-state index contributed by atoms with van der Waals surface area (Å²) in [5.74, 6) is 0.841. The van der Waals surface area contributed by atoms with Gasteiger partial charge in [0, 0.05) is 22.4 Å². The van der Waals surface area contributed by atoms with Crippen molar-refractivity contribution < 1.29 is 4.79 Å². The van der Waals surface area contributed by atoms with Gasteiger partial charge in [-0.25, -0.2) is 0 Å². The summed E-state index contributed by atoms with van der Waals surface area (Å²) in [5, 5.41) is 6.45. The number of nitrogens with one attached hydrogen (secondary N) is 2. The molecule has 1 aromatic carbocycles. The molecule has 0 bridgehead atoms. The molecule has 3 rings (SSSR count). The number of carbonyl (C=O) groups excluding carboxylic acids is 1. The average Bonchev–Trinajstić information content (AvgIpc) is 2.37. The lowest BCUT2D eigenvalue weighted by molar-refractivity contribution is -0.127. The maximum absolute atomic E-state index is 12.3. The lowest BCUT2D eigenvalue weighted by Crippen LogP contribution is -2.52. The molecule has 1 saturated carbocycles. The molecule has 114 valence electrons. The standard InChI is InChI=1S/C17H23BrN2O/c1-12(13-9-19-10-13)16(21)20-11-17(7-2-8-17)14-3-5-15(18)6-4-14/h3-6,12-13,19H,2,7-11H2,1H3,(H,20,21). The third-order valence-electron chi connectivity index (χ3n) is 5.30. The van der Waals surface area contributed by atoms with E-state index in [9.17, 15) is 4.79 Å². The molecule has 0 radical (unpaired) electrons. The van der Waals surface area contributed by atoms with Crippen LogP contribution in [0.2, 0.25) is 0 Å². The summed E-state index contributed by atoms with van der Waals surface area (Å²) in [7, 11) is 0. The first kappa shape index (κ1) is 15.0. The second-order valence-electron chi connectivity index (χ2n) is 6.57. The number of halogens is 1. The highest BCUT2D eigenvalue weighted by molar-refractivity contribution is 9.10. The summed E-state index contributed by atoms with van der Waals surface area (Å²) < 4.78 is 1.11.